The van der Waals surface area contributed by atoms with E-state index in [-0.39, 0.29) is 17.7 Å². The van der Waals surface area contributed by atoms with E-state index in [9.17, 15) is 9.59 Å². The minimum atomic E-state index is -0.492. The molecular weight excluding hydrogens is 206 g/mol. The van der Waals surface area contributed by atoms with Gasteiger partial charge in [0.05, 0.1) is 0 Å². The number of alkyl carbamates (subject to hydrolysis) is 1. The van der Waals surface area contributed by atoms with Gasteiger partial charge in [0.25, 0.3) is 0 Å². The first kappa shape index (κ1) is 13.0. The number of ketones is 1. The van der Waals surface area contributed by atoms with Gasteiger partial charge >= 0.3 is 6.09 Å². The fraction of sp³-hybridized carbons (Fsp3) is 0.833. The van der Waals surface area contributed by atoms with E-state index in [1.807, 2.05) is 20.8 Å². The van der Waals surface area contributed by atoms with Crippen molar-refractivity contribution >= 4 is 11.9 Å². The summed E-state index contributed by atoms with van der Waals surface area (Å²) in [6, 6.07) is -0.0488. The standard InChI is InChI=1S/C12H21NO3/c1-8(14)9-6-5-7-10(9)13-11(15)16-12(2,3)4/h9-10H,5-7H2,1-4H3,(H,13,15)/t9-,10-/m1/s1. The fourth-order valence-corrected chi connectivity index (χ4v) is 2.08. The Hall–Kier alpha value is -1.06. The molecule has 1 aliphatic rings. The number of carbonyl (C=O) groups is 2. The van der Waals surface area contributed by atoms with Crippen LogP contribution in [0.15, 0.2) is 0 Å². The van der Waals surface area contributed by atoms with Gasteiger partial charge in [-0.3, -0.25) is 4.79 Å². The molecule has 1 rings (SSSR count). The molecule has 0 heterocycles. The van der Waals surface area contributed by atoms with Crippen LogP contribution in [0.25, 0.3) is 0 Å². The van der Waals surface area contributed by atoms with Crippen molar-refractivity contribution in [2.45, 2.75) is 58.6 Å². The molecule has 0 bridgehead atoms. The Morgan fingerprint density at radius 1 is 1.25 bits per heavy atom. The van der Waals surface area contributed by atoms with Crippen molar-refractivity contribution in [2.75, 3.05) is 0 Å². The molecule has 1 N–H and O–H groups in total. The van der Waals surface area contributed by atoms with Crippen LogP contribution in [0.1, 0.15) is 47.0 Å². The topological polar surface area (TPSA) is 55.4 Å². The largest absolute Gasteiger partial charge is 0.444 e. The van der Waals surface area contributed by atoms with Crippen LogP contribution in [0.4, 0.5) is 4.79 Å². The van der Waals surface area contributed by atoms with Gasteiger partial charge in [-0.1, -0.05) is 6.42 Å². The summed E-state index contributed by atoms with van der Waals surface area (Å²) in [6.45, 7) is 7.05. The Morgan fingerprint density at radius 3 is 2.38 bits per heavy atom. The molecular formula is C12H21NO3. The van der Waals surface area contributed by atoms with Crippen LogP contribution in [0, 0.1) is 5.92 Å². The first-order chi connectivity index (χ1) is 7.29. The molecule has 0 unspecified atom stereocenters. The molecule has 0 aliphatic heterocycles. The zero-order valence-corrected chi connectivity index (χ0v) is 10.5. The number of amides is 1. The molecule has 0 aromatic heterocycles. The summed E-state index contributed by atoms with van der Waals surface area (Å²) in [4.78, 5) is 22.9. The molecule has 1 aliphatic carbocycles. The number of rotatable bonds is 2. The van der Waals surface area contributed by atoms with Crippen molar-refractivity contribution in [3.05, 3.63) is 0 Å². The Labute approximate surface area is 96.7 Å². The molecule has 0 spiro atoms. The van der Waals surface area contributed by atoms with Gasteiger partial charge in [0.1, 0.15) is 11.4 Å². The van der Waals surface area contributed by atoms with Crippen LogP contribution >= 0.6 is 0 Å². The molecule has 4 heteroatoms. The highest BCUT2D eigenvalue weighted by Crippen LogP contribution is 2.26. The van der Waals surface area contributed by atoms with Crippen LogP contribution < -0.4 is 5.32 Å². The Morgan fingerprint density at radius 2 is 1.88 bits per heavy atom. The molecule has 4 nitrogen and oxygen atoms in total. The molecule has 1 saturated carbocycles. The minimum absolute atomic E-state index is 0.0347. The smallest absolute Gasteiger partial charge is 0.407 e. The second-order valence-corrected chi connectivity index (χ2v) is 5.40. The van der Waals surface area contributed by atoms with E-state index in [1.54, 1.807) is 6.92 Å². The van der Waals surface area contributed by atoms with Crippen LogP contribution in [0.2, 0.25) is 0 Å². The van der Waals surface area contributed by atoms with Crippen molar-refractivity contribution in [1.29, 1.82) is 0 Å². The molecule has 16 heavy (non-hydrogen) atoms. The lowest BCUT2D eigenvalue weighted by Crippen LogP contribution is -2.42. The van der Waals surface area contributed by atoms with Crippen molar-refractivity contribution in [2.24, 2.45) is 5.92 Å². The van der Waals surface area contributed by atoms with E-state index in [0.717, 1.165) is 19.3 Å². The lowest BCUT2D eigenvalue weighted by atomic mass is 10.00. The Bertz CT molecular complexity index is 280. The van der Waals surface area contributed by atoms with Crippen LogP contribution in [0.3, 0.4) is 0 Å². The summed E-state index contributed by atoms with van der Waals surface area (Å²) in [5, 5.41) is 2.78. The first-order valence-electron chi connectivity index (χ1n) is 5.79. The number of carbonyl (C=O) groups excluding carboxylic acids is 2. The summed E-state index contributed by atoms with van der Waals surface area (Å²) in [5.74, 6) is 0.117. The van der Waals surface area contributed by atoms with Gasteiger partial charge in [-0.05, 0) is 40.5 Å². The van der Waals surface area contributed by atoms with E-state index in [2.05, 4.69) is 5.32 Å². The number of nitrogens with one attached hydrogen (secondary N) is 1. The predicted octanol–water partition coefficient (Wildman–Crippen LogP) is 2.27. The summed E-state index contributed by atoms with van der Waals surface area (Å²) >= 11 is 0. The molecule has 2 atom stereocenters. The second-order valence-electron chi connectivity index (χ2n) is 5.40. The normalized spacial score (nSPS) is 25.2. The quantitative estimate of drug-likeness (QED) is 0.787. The number of ether oxygens (including phenoxy) is 1. The summed E-state index contributed by atoms with van der Waals surface area (Å²) in [6.07, 6.45) is 2.30. The molecule has 1 amide bonds. The van der Waals surface area contributed by atoms with Crippen LogP contribution in [-0.2, 0) is 9.53 Å². The van der Waals surface area contributed by atoms with Crippen LogP contribution in [0.5, 0.6) is 0 Å². The number of Topliss-reactive ketones (excluding diaryl/α,β-unsaturated/α-hetero) is 1. The van der Waals surface area contributed by atoms with E-state index in [1.165, 1.54) is 0 Å². The fourth-order valence-electron chi connectivity index (χ4n) is 2.08. The second kappa shape index (κ2) is 4.85. The lowest BCUT2D eigenvalue weighted by Gasteiger charge is -2.23. The van der Waals surface area contributed by atoms with E-state index < -0.39 is 11.7 Å². The van der Waals surface area contributed by atoms with E-state index in [0.29, 0.717) is 0 Å². The third-order valence-electron chi connectivity index (χ3n) is 2.74. The molecule has 0 saturated heterocycles. The molecule has 0 aromatic rings. The molecule has 0 radical (unpaired) electrons. The third-order valence-corrected chi connectivity index (χ3v) is 2.74. The maximum Gasteiger partial charge on any atom is 0.407 e. The summed E-state index contributed by atoms with van der Waals surface area (Å²) < 4.78 is 5.17. The monoisotopic (exact) mass is 227 g/mol. The van der Waals surface area contributed by atoms with Gasteiger partial charge in [0.2, 0.25) is 0 Å². The average Bonchev–Trinajstić information content (AvgIpc) is 2.47. The van der Waals surface area contributed by atoms with Gasteiger partial charge in [-0.25, -0.2) is 4.79 Å². The van der Waals surface area contributed by atoms with Crippen molar-refractivity contribution < 1.29 is 14.3 Å². The summed E-state index contributed by atoms with van der Waals surface area (Å²) in [7, 11) is 0. The molecule has 1 fully saturated rings. The minimum Gasteiger partial charge on any atom is -0.444 e. The highest BCUT2D eigenvalue weighted by molar-refractivity contribution is 5.80. The zero-order valence-electron chi connectivity index (χ0n) is 10.5. The highest BCUT2D eigenvalue weighted by atomic mass is 16.6. The van der Waals surface area contributed by atoms with Gasteiger partial charge in [-0.15, -0.1) is 0 Å². The average molecular weight is 227 g/mol. The zero-order chi connectivity index (χ0) is 12.3. The van der Waals surface area contributed by atoms with Gasteiger partial charge in [0.15, 0.2) is 0 Å². The first-order valence-corrected chi connectivity index (χ1v) is 5.79. The maximum atomic E-state index is 11.5. The third kappa shape index (κ3) is 3.83. The van der Waals surface area contributed by atoms with E-state index in [4.69, 9.17) is 4.74 Å². The lowest BCUT2D eigenvalue weighted by molar-refractivity contribution is -0.121. The Balaban J connectivity index is 2.47. The predicted molar refractivity (Wildman–Crippen MR) is 61.2 cm³/mol. The maximum absolute atomic E-state index is 11.5. The Kier molecular flexibility index (Phi) is 3.94. The number of hydrogen-bond acceptors (Lipinski definition) is 3. The van der Waals surface area contributed by atoms with Crippen LogP contribution in [-0.4, -0.2) is 23.5 Å². The van der Waals surface area contributed by atoms with Gasteiger partial charge in [-0.2, -0.15) is 0 Å². The van der Waals surface area contributed by atoms with Crippen molar-refractivity contribution in [1.82, 2.24) is 5.32 Å². The van der Waals surface area contributed by atoms with E-state index >= 15 is 0 Å². The SMILES string of the molecule is CC(=O)[C@H]1CCC[C@H]1NC(=O)OC(C)(C)C. The van der Waals surface area contributed by atoms with Gasteiger partial charge < -0.3 is 10.1 Å². The van der Waals surface area contributed by atoms with Crippen molar-refractivity contribution in [3.8, 4) is 0 Å². The summed E-state index contributed by atoms with van der Waals surface area (Å²) in [5.41, 5.74) is -0.492. The van der Waals surface area contributed by atoms with Crippen molar-refractivity contribution in [3.63, 3.8) is 0 Å². The highest BCUT2D eigenvalue weighted by Gasteiger charge is 2.32. The molecule has 92 valence electrons. The molecule has 0 aromatic carbocycles. The van der Waals surface area contributed by atoms with Gasteiger partial charge in [0, 0.05) is 12.0 Å². The number of hydrogen-bond donors (Lipinski definition) is 1.